The molecule has 0 unspecified atom stereocenters. The number of carbonyl (C=O) groups excluding carboxylic acids is 3. The number of anilines is 1. The second kappa shape index (κ2) is 7.11. The molecule has 2 N–H and O–H groups in total. The van der Waals surface area contributed by atoms with Gasteiger partial charge in [0, 0.05) is 5.02 Å². The van der Waals surface area contributed by atoms with Gasteiger partial charge in [0.25, 0.3) is 5.91 Å². The molecule has 1 heterocycles. The maximum atomic E-state index is 13.2. The van der Waals surface area contributed by atoms with Crippen molar-refractivity contribution in [1.82, 2.24) is 10.2 Å². The smallest absolute Gasteiger partial charge is 0.323 e. The molecular formula is C20H17Cl2N3O3. The van der Waals surface area contributed by atoms with Gasteiger partial charge in [-0.1, -0.05) is 47.5 Å². The molecule has 6 nitrogen and oxygen atoms in total. The molecule has 0 radical (unpaired) electrons. The lowest BCUT2D eigenvalue weighted by molar-refractivity contribution is -0.134. The molecule has 1 aliphatic heterocycles. The van der Waals surface area contributed by atoms with Crippen LogP contribution in [-0.2, 0) is 21.5 Å². The number of nitrogens with one attached hydrogen (secondary N) is 2. The average molecular weight is 418 g/mol. The second-order valence-corrected chi connectivity index (χ2v) is 7.75. The number of amides is 4. The van der Waals surface area contributed by atoms with E-state index in [0.717, 1.165) is 28.9 Å². The highest BCUT2D eigenvalue weighted by Gasteiger charge is 2.54. The number of halogens is 2. The minimum Gasteiger partial charge on any atom is -0.323 e. The minimum absolute atomic E-state index is 0.313. The molecule has 1 aliphatic carbocycles. The molecule has 2 aromatic rings. The Morgan fingerprint density at radius 3 is 2.79 bits per heavy atom. The zero-order chi connectivity index (χ0) is 19.9. The van der Waals surface area contributed by atoms with E-state index in [0.29, 0.717) is 22.2 Å². The number of benzene rings is 2. The van der Waals surface area contributed by atoms with Gasteiger partial charge >= 0.3 is 6.03 Å². The number of aryl methyl sites for hydroxylation is 1. The van der Waals surface area contributed by atoms with Gasteiger partial charge < -0.3 is 10.6 Å². The number of nitrogens with zero attached hydrogens (tertiary/aromatic N) is 1. The van der Waals surface area contributed by atoms with Crippen molar-refractivity contribution in [2.75, 3.05) is 11.9 Å². The Hall–Kier alpha value is -2.57. The number of hydrogen-bond acceptors (Lipinski definition) is 3. The van der Waals surface area contributed by atoms with E-state index in [2.05, 4.69) is 10.6 Å². The van der Waals surface area contributed by atoms with Crippen molar-refractivity contribution in [3.05, 3.63) is 63.6 Å². The Morgan fingerprint density at radius 2 is 1.96 bits per heavy atom. The molecule has 8 heteroatoms. The standard InChI is InChI=1S/C20H17Cl2N3O3/c21-13-7-8-15(22)16(10-13)23-17(26)11-25-18(27)20(24-19(25)28)9-3-5-12-4-1-2-6-14(12)20/h1-2,4,6-8,10H,3,5,9,11H2,(H,23,26)(H,24,28)/t20-/m1/s1. The molecular weight excluding hydrogens is 401 g/mol. The van der Waals surface area contributed by atoms with Crippen LogP contribution < -0.4 is 10.6 Å². The molecule has 4 rings (SSSR count). The molecule has 4 amide bonds. The largest absolute Gasteiger partial charge is 0.325 e. The number of hydrogen-bond donors (Lipinski definition) is 2. The lowest BCUT2D eigenvalue weighted by atomic mass is 9.76. The van der Waals surface area contributed by atoms with Gasteiger partial charge in [-0.3, -0.25) is 14.5 Å². The number of urea groups is 1. The van der Waals surface area contributed by atoms with Crippen molar-refractivity contribution in [3.63, 3.8) is 0 Å². The number of fused-ring (bicyclic) bond motifs is 2. The molecule has 1 fully saturated rings. The van der Waals surface area contributed by atoms with E-state index >= 15 is 0 Å². The summed E-state index contributed by atoms with van der Waals surface area (Å²) in [5, 5.41) is 6.15. The third-order valence-corrected chi connectivity index (χ3v) is 5.72. The van der Waals surface area contributed by atoms with Crippen molar-refractivity contribution >= 4 is 46.7 Å². The molecule has 2 aliphatic rings. The van der Waals surface area contributed by atoms with Gasteiger partial charge in [-0.2, -0.15) is 0 Å². The maximum absolute atomic E-state index is 13.2. The van der Waals surface area contributed by atoms with Crippen LogP contribution in [0.25, 0.3) is 0 Å². The molecule has 144 valence electrons. The van der Waals surface area contributed by atoms with Crippen molar-refractivity contribution in [3.8, 4) is 0 Å². The zero-order valence-electron chi connectivity index (χ0n) is 14.8. The number of imide groups is 1. The monoisotopic (exact) mass is 417 g/mol. The van der Waals surface area contributed by atoms with Gasteiger partial charge in [0.2, 0.25) is 5.91 Å². The van der Waals surface area contributed by atoms with Crippen LogP contribution in [0.3, 0.4) is 0 Å². The molecule has 0 saturated carbocycles. The summed E-state index contributed by atoms with van der Waals surface area (Å²) >= 11 is 12.0. The molecule has 0 aromatic heterocycles. The predicted molar refractivity (Wildman–Crippen MR) is 106 cm³/mol. The van der Waals surface area contributed by atoms with Crippen molar-refractivity contribution < 1.29 is 14.4 Å². The zero-order valence-corrected chi connectivity index (χ0v) is 16.3. The van der Waals surface area contributed by atoms with Crippen LogP contribution in [-0.4, -0.2) is 29.3 Å². The minimum atomic E-state index is -1.10. The van der Waals surface area contributed by atoms with Gasteiger partial charge in [-0.15, -0.1) is 0 Å². The van der Waals surface area contributed by atoms with Crippen LogP contribution in [0.1, 0.15) is 24.0 Å². The van der Waals surface area contributed by atoms with Gasteiger partial charge in [0.1, 0.15) is 12.1 Å². The molecule has 1 atom stereocenters. The Morgan fingerprint density at radius 1 is 1.18 bits per heavy atom. The maximum Gasteiger partial charge on any atom is 0.325 e. The van der Waals surface area contributed by atoms with Gasteiger partial charge in [-0.05, 0) is 48.6 Å². The number of carbonyl (C=O) groups is 3. The summed E-state index contributed by atoms with van der Waals surface area (Å²) in [5.41, 5.74) is 1.07. The molecule has 2 aromatic carbocycles. The van der Waals surface area contributed by atoms with Crippen LogP contribution in [0, 0.1) is 0 Å². The summed E-state index contributed by atoms with van der Waals surface area (Å²) in [4.78, 5) is 39.1. The van der Waals surface area contributed by atoms with E-state index in [1.165, 1.54) is 6.07 Å². The highest BCUT2D eigenvalue weighted by molar-refractivity contribution is 6.35. The molecule has 28 heavy (non-hydrogen) atoms. The van der Waals surface area contributed by atoms with Gasteiger partial charge in [0.05, 0.1) is 10.7 Å². The van der Waals surface area contributed by atoms with E-state index < -0.39 is 29.9 Å². The van der Waals surface area contributed by atoms with E-state index in [1.807, 2.05) is 24.3 Å². The topological polar surface area (TPSA) is 78.5 Å². The molecule has 1 saturated heterocycles. The molecule has 1 spiro atoms. The number of rotatable bonds is 3. The van der Waals surface area contributed by atoms with Crippen molar-refractivity contribution in [1.29, 1.82) is 0 Å². The Bertz CT molecular complexity index is 994. The predicted octanol–water partition coefficient (Wildman–Crippen LogP) is 3.72. The fourth-order valence-electron chi connectivity index (χ4n) is 3.88. The first-order chi connectivity index (χ1) is 13.4. The Kier molecular flexibility index (Phi) is 4.77. The highest BCUT2D eigenvalue weighted by Crippen LogP contribution is 2.39. The van der Waals surface area contributed by atoms with Crippen molar-refractivity contribution in [2.45, 2.75) is 24.8 Å². The third kappa shape index (κ3) is 3.12. The fraction of sp³-hybridized carbons (Fsp3) is 0.250. The van der Waals surface area contributed by atoms with Crippen LogP contribution in [0.5, 0.6) is 0 Å². The Balaban J connectivity index is 1.56. The van der Waals surface area contributed by atoms with Crippen LogP contribution >= 0.6 is 23.2 Å². The lowest BCUT2D eigenvalue weighted by Crippen LogP contribution is -2.47. The van der Waals surface area contributed by atoms with E-state index in [9.17, 15) is 14.4 Å². The Labute approximate surface area is 171 Å². The first-order valence-electron chi connectivity index (χ1n) is 8.88. The summed E-state index contributed by atoms with van der Waals surface area (Å²) in [5.74, 6) is -0.939. The fourth-order valence-corrected chi connectivity index (χ4v) is 4.22. The lowest BCUT2D eigenvalue weighted by Gasteiger charge is -2.33. The summed E-state index contributed by atoms with van der Waals surface area (Å²) in [6.45, 7) is -0.405. The third-order valence-electron chi connectivity index (χ3n) is 5.15. The highest BCUT2D eigenvalue weighted by atomic mass is 35.5. The first kappa shape index (κ1) is 18.8. The van der Waals surface area contributed by atoms with Crippen LogP contribution in [0.4, 0.5) is 10.5 Å². The average Bonchev–Trinajstić information content (AvgIpc) is 2.90. The van der Waals surface area contributed by atoms with E-state index in [-0.39, 0.29) is 0 Å². The summed E-state index contributed by atoms with van der Waals surface area (Å²) < 4.78 is 0. The van der Waals surface area contributed by atoms with Gasteiger partial charge in [0.15, 0.2) is 0 Å². The van der Waals surface area contributed by atoms with Crippen LogP contribution in [0.15, 0.2) is 42.5 Å². The first-order valence-corrected chi connectivity index (χ1v) is 9.64. The SMILES string of the molecule is O=C(CN1C(=O)N[C@@]2(CCCc3ccccc32)C1=O)Nc1cc(Cl)ccc1Cl. The normalized spacial score (nSPS) is 20.9. The summed E-state index contributed by atoms with van der Waals surface area (Å²) in [6.07, 6.45) is 2.14. The summed E-state index contributed by atoms with van der Waals surface area (Å²) in [6, 6.07) is 11.7. The van der Waals surface area contributed by atoms with Gasteiger partial charge in [-0.25, -0.2) is 4.79 Å². The van der Waals surface area contributed by atoms with Crippen LogP contribution in [0.2, 0.25) is 10.0 Å². The van der Waals surface area contributed by atoms with Crippen molar-refractivity contribution in [2.24, 2.45) is 0 Å². The van der Waals surface area contributed by atoms with E-state index in [4.69, 9.17) is 23.2 Å². The molecule has 0 bridgehead atoms. The van der Waals surface area contributed by atoms with E-state index in [1.54, 1.807) is 12.1 Å². The second-order valence-electron chi connectivity index (χ2n) is 6.91. The quantitative estimate of drug-likeness (QED) is 0.746. The summed E-state index contributed by atoms with van der Waals surface area (Å²) in [7, 11) is 0.